The maximum absolute atomic E-state index is 11.8. The second-order valence-electron chi connectivity index (χ2n) is 4.25. The summed E-state index contributed by atoms with van der Waals surface area (Å²) in [4.78, 5) is 11.8. The summed E-state index contributed by atoms with van der Waals surface area (Å²) in [7, 11) is 1.50. The van der Waals surface area contributed by atoms with E-state index in [2.05, 4.69) is 5.10 Å². The number of methoxy groups -OCH3 is 1. The molecule has 2 rings (SSSR count). The normalized spacial score (nSPS) is 12.4. The summed E-state index contributed by atoms with van der Waals surface area (Å²) in [5.41, 5.74) is 1.66. The largest absolute Gasteiger partial charge is 0.389 e. The summed E-state index contributed by atoms with van der Waals surface area (Å²) in [6.45, 7) is 1.70. The fraction of sp³-hybridized carbons (Fsp3) is 0.286. The maximum atomic E-state index is 11.8. The van der Waals surface area contributed by atoms with Gasteiger partial charge in [0.1, 0.15) is 6.73 Å². The van der Waals surface area contributed by atoms with Crippen molar-refractivity contribution in [1.82, 2.24) is 9.78 Å². The van der Waals surface area contributed by atoms with E-state index >= 15 is 0 Å². The molecule has 5 nitrogen and oxygen atoms in total. The van der Waals surface area contributed by atoms with Gasteiger partial charge in [-0.1, -0.05) is 30.3 Å². The van der Waals surface area contributed by atoms with Crippen molar-refractivity contribution < 1.29 is 9.84 Å². The van der Waals surface area contributed by atoms with Crippen molar-refractivity contribution in [2.75, 3.05) is 7.11 Å². The Bertz CT molecular complexity index is 606. The zero-order valence-corrected chi connectivity index (χ0v) is 10.9. The summed E-state index contributed by atoms with van der Waals surface area (Å²) in [6, 6.07) is 10.8. The van der Waals surface area contributed by atoms with Gasteiger partial charge in [0, 0.05) is 24.3 Å². The van der Waals surface area contributed by atoms with Gasteiger partial charge in [0.2, 0.25) is 0 Å². The van der Waals surface area contributed by atoms with Crippen LogP contribution in [0.5, 0.6) is 0 Å². The quantitative estimate of drug-likeness (QED) is 0.906. The smallest absolute Gasteiger partial charge is 0.269 e. The van der Waals surface area contributed by atoms with E-state index in [-0.39, 0.29) is 12.3 Å². The molecule has 1 atom stereocenters. The van der Waals surface area contributed by atoms with Gasteiger partial charge < -0.3 is 9.84 Å². The fourth-order valence-corrected chi connectivity index (χ4v) is 1.86. The summed E-state index contributed by atoms with van der Waals surface area (Å²) in [6.07, 6.45) is -0.757. The van der Waals surface area contributed by atoms with E-state index in [0.717, 1.165) is 5.56 Å². The van der Waals surface area contributed by atoms with Crippen LogP contribution >= 0.6 is 0 Å². The van der Waals surface area contributed by atoms with Crippen LogP contribution in [-0.2, 0) is 11.5 Å². The molecular weight excluding hydrogens is 244 g/mol. The Morgan fingerprint density at radius 1 is 1.37 bits per heavy atom. The Hall–Kier alpha value is -1.98. The molecule has 2 aromatic rings. The highest BCUT2D eigenvalue weighted by Gasteiger charge is 2.14. The lowest BCUT2D eigenvalue weighted by Crippen LogP contribution is -2.25. The molecule has 1 aromatic heterocycles. The zero-order chi connectivity index (χ0) is 13.8. The van der Waals surface area contributed by atoms with Gasteiger partial charge in [-0.15, -0.1) is 0 Å². The lowest BCUT2D eigenvalue weighted by Gasteiger charge is -2.13. The zero-order valence-electron chi connectivity index (χ0n) is 10.9. The number of hydrogen-bond donors (Lipinski definition) is 1. The molecule has 1 aromatic carbocycles. The lowest BCUT2D eigenvalue weighted by atomic mass is 10.0. The lowest BCUT2D eigenvalue weighted by molar-refractivity contribution is 0.116. The highest BCUT2D eigenvalue weighted by Crippen LogP contribution is 2.24. The number of ether oxygens (including phenoxy) is 1. The third-order valence-corrected chi connectivity index (χ3v) is 2.78. The van der Waals surface area contributed by atoms with E-state index in [4.69, 9.17) is 4.74 Å². The van der Waals surface area contributed by atoms with Crippen LogP contribution in [0.3, 0.4) is 0 Å². The molecule has 0 fully saturated rings. The van der Waals surface area contributed by atoms with E-state index in [1.165, 1.54) is 17.9 Å². The van der Waals surface area contributed by atoms with E-state index in [0.29, 0.717) is 11.3 Å². The van der Waals surface area contributed by atoms with Crippen LogP contribution in [0.1, 0.15) is 18.6 Å². The van der Waals surface area contributed by atoms with Crippen LogP contribution in [0.25, 0.3) is 11.3 Å². The molecule has 1 heterocycles. The monoisotopic (exact) mass is 260 g/mol. The minimum absolute atomic E-state index is 0.0821. The van der Waals surface area contributed by atoms with E-state index in [1.807, 2.05) is 30.3 Å². The Morgan fingerprint density at radius 3 is 2.63 bits per heavy atom. The van der Waals surface area contributed by atoms with Crippen molar-refractivity contribution in [3.8, 4) is 11.3 Å². The number of rotatable bonds is 4. The molecule has 0 aliphatic heterocycles. The van der Waals surface area contributed by atoms with Crippen molar-refractivity contribution in [3.05, 3.63) is 52.3 Å². The molecule has 0 spiro atoms. The van der Waals surface area contributed by atoms with Gasteiger partial charge in [-0.2, -0.15) is 5.10 Å². The highest BCUT2D eigenvalue weighted by atomic mass is 16.5. The maximum Gasteiger partial charge on any atom is 0.269 e. The third kappa shape index (κ3) is 2.89. The van der Waals surface area contributed by atoms with Crippen molar-refractivity contribution >= 4 is 0 Å². The van der Waals surface area contributed by atoms with Crippen molar-refractivity contribution in [2.45, 2.75) is 19.8 Å². The number of benzene rings is 1. The first-order valence-corrected chi connectivity index (χ1v) is 5.98. The molecular formula is C14H16N2O3. The first-order chi connectivity index (χ1) is 9.13. The minimum atomic E-state index is -0.757. The first-order valence-electron chi connectivity index (χ1n) is 5.98. The second-order valence-corrected chi connectivity index (χ2v) is 4.25. The summed E-state index contributed by atoms with van der Waals surface area (Å²) >= 11 is 0. The Kier molecular flexibility index (Phi) is 4.09. The molecule has 0 amide bonds. The number of hydrogen-bond acceptors (Lipinski definition) is 4. The predicted octanol–water partition coefficient (Wildman–Crippen LogP) is 1.57. The average Bonchev–Trinajstić information content (AvgIpc) is 2.41. The third-order valence-electron chi connectivity index (χ3n) is 2.78. The topological polar surface area (TPSA) is 64.3 Å². The molecule has 0 aliphatic carbocycles. The minimum Gasteiger partial charge on any atom is -0.389 e. The van der Waals surface area contributed by atoms with Gasteiger partial charge in [0.15, 0.2) is 0 Å². The fourth-order valence-electron chi connectivity index (χ4n) is 1.86. The summed E-state index contributed by atoms with van der Waals surface area (Å²) in [5.74, 6) is 0. The van der Waals surface area contributed by atoms with Crippen LogP contribution in [0.15, 0.2) is 41.2 Å². The van der Waals surface area contributed by atoms with Gasteiger partial charge in [0.25, 0.3) is 5.56 Å². The second kappa shape index (κ2) is 5.77. The van der Waals surface area contributed by atoms with Crippen LogP contribution in [0.4, 0.5) is 0 Å². The van der Waals surface area contributed by atoms with Crippen LogP contribution < -0.4 is 5.56 Å². The van der Waals surface area contributed by atoms with Crippen molar-refractivity contribution in [1.29, 1.82) is 0 Å². The number of aliphatic hydroxyl groups excluding tert-OH is 1. The summed E-state index contributed by atoms with van der Waals surface area (Å²) in [5, 5.41) is 14.1. The van der Waals surface area contributed by atoms with Crippen molar-refractivity contribution in [3.63, 3.8) is 0 Å². The molecule has 0 aliphatic rings. The van der Waals surface area contributed by atoms with Gasteiger partial charge in [0.05, 0.1) is 11.8 Å². The number of nitrogens with zero attached hydrogens (tertiary/aromatic N) is 2. The highest BCUT2D eigenvalue weighted by molar-refractivity contribution is 5.62. The molecule has 1 unspecified atom stereocenters. The van der Waals surface area contributed by atoms with Gasteiger partial charge in [-0.3, -0.25) is 4.79 Å². The SMILES string of the molecule is COCn1nc(-c2ccccc2)c(C(C)O)cc1=O. The predicted molar refractivity (Wildman–Crippen MR) is 71.6 cm³/mol. The van der Waals surface area contributed by atoms with Crippen LogP contribution in [-0.4, -0.2) is 22.0 Å². The average molecular weight is 260 g/mol. The first kappa shape index (κ1) is 13.5. The van der Waals surface area contributed by atoms with Gasteiger partial charge in [-0.05, 0) is 6.92 Å². The van der Waals surface area contributed by atoms with Crippen LogP contribution in [0.2, 0.25) is 0 Å². The van der Waals surface area contributed by atoms with E-state index in [1.54, 1.807) is 6.92 Å². The molecule has 5 heteroatoms. The summed E-state index contributed by atoms with van der Waals surface area (Å²) < 4.78 is 6.17. The molecule has 0 bridgehead atoms. The molecule has 0 saturated carbocycles. The number of aromatic nitrogens is 2. The van der Waals surface area contributed by atoms with Gasteiger partial charge >= 0.3 is 0 Å². The molecule has 0 saturated heterocycles. The molecule has 0 radical (unpaired) electrons. The van der Waals surface area contributed by atoms with Gasteiger partial charge in [-0.25, -0.2) is 4.68 Å². The van der Waals surface area contributed by atoms with E-state index in [9.17, 15) is 9.90 Å². The molecule has 100 valence electrons. The van der Waals surface area contributed by atoms with E-state index < -0.39 is 6.10 Å². The molecule has 19 heavy (non-hydrogen) atoms. The van der Waals surface area contributed by atoms with Crippen molar-refractivity contribution in [2.24, 2.45) is 0 Å². The standard InChI is InChI=1S/C14H16N2O3/c1-10(17)12-8-13(18)16(9-19-2)15-14(12)11-6-4-3-5-7-11/h3-8,10,17H,9H2,1-2H3. The Labute approximate surface area is 111 Å². The molecule has 1 N–H and O–H groups in total. The Morgan fingerprint density at radius 2 is 2.05 bits per heavy atom. The Balaban J connectivity index is 2.62. The van der Waals surface area contributed by atoms with Crippen LogP contribution in [0, 0.1) is 0 Å². The number of aliphatic hydroxyl groups is 1.